The van der Waals surface area contributed by atoms with Gasteiger partial charge in [-0.3, -0.25) is 0 Å². The van der Waals surface area contributed by atoms with Crippen LogP contribution in [-0.2, 0) is 10.0 Å². The van der Waals surface area contributed by atoms with Gasteiger partial charge in [-0.15, -0.1) is 0 Å². The lowest BCUT2D eigenvalue weighted by Crippen LogP contribution is -2.48. The number of nitrogens with one attached hydrogen (secondary N) is 1. The fourth-order valence-electron chi connectivity index (χ4n) is 3.21. The molecular formula is C19H20ClN5O2S. The summed E-state index contributed by atoms with van der Waals surface area (Å²) in [7, 11) is -3.13. The van der Waals surface area contributed by atoms with Crippen molar-refractivity contribution < 1.29 is 8.42 Å². The summed E-state index contributed by atoms with van der Waals surface area (Å²) in [6, 6.07) is 11.5. The standard InChI is InChI=1S/C19H20ClN5O2S/c1-28(26,27)25-10-8-24(9-11-25)18-7-4-15(12-21-18)19-22-13-17(23-19)14-2-5-16(20)6-3-14/h2-7,12-13H,8-11H2,1H3,(H,22,23). The molecule has 0 saturated carbocycles. The average Bonchev–Trinajstić information content (AvgIpc) is 3.18. The maximum absolute atomic E-state index is 11.6. The van der Waals surface area contributed by atoms with Gasteiger partial charge in [-0.05, 0) is 29.8 Å². The fraction of sp³-hybridized carbons (Fsp3) is 0.263. The Labute approximate surface area is 169 Å². The summed E-state index contributed by atoms with van der Waals surface area (Å²) < 4.78 is 24.8. The second kappa shape index (κ2) is 7.54. The number of imidazole rings is 1. The molecule has 7 nitrogen and oxygen atoms in total. The van der Waals surface area contributed by atoms with Crippen LogP contribution < -0.4 is 4.90 Å². The second-order valence-corrected chi connectivity index (χ2v) is 9.13. The first-order valence-electron chi connectivity index (χ1n) is 8.87. The van der Waals surface area contributed by atoms with Crippen molar-refractivity contribution in [1.29, 1.82) is 0 Å². The Balaban J connectivity index is 1.46. The molecule has 3 aromatic rings. The number of benzene rings is 1. The number of halogens is 1. The normalized spacial score (nSPS) is 15.7. The zero-order chi connectivity index (χ0) is 19.7. The third-order valence-corrected chi connectivity index (χ3v) is 6.34. The third-order valence-electron chi connectivity index (χ3n) is 4.78. The van der Waals surface area contributed by atoms with Gasteiger partial charge in [0.05, 0.1) is 18.1 Å². The van der Waals surface area contributed by atoms with Crippen molar-refractivity contribution in [3.05, 3.63) is 53.8 Å². The van der Waals surface area contributed by atoms with Gasteiger partial charge in [0.15, 0.2) is 0 Å². The molecule has 1 aromatic carbocycles. The molecule has 1 aliphatic heterocycles. The zero-order valence-corrected chi connectivity index (χ0v) is 16.9. The molecule has 1 aliphatic rings. The molecule has 3 heterocycles. The number of anilines is 1. The van der Waals surface area contributed by atoms with Gasteiger partial charge in [0, 0.05) is 43.0 Å². The average molecular weight is 418 g/mol. The summed E-state index contributed by atoms with van der Waals surface area (Å²) in [5.41, 5.74) is 2.81. The summed E-state index contributed by atoms with van der Waals surface area (Å²) in [5.74, 6) is 1.58. The molecule has 1 N–H and O–H groups in total. The van der Waals surface area contributed by atoms with E-state index in [1.807, 2.05) is 36.4 Å². The molecular weight excluding hydrogens is 398 g/mol. The number of nitrogens with zero attached hydrogens (tertiary/aromatic N) is 4. The molecule has 0 amide bonds. The van der Waals surface area contributed by atoms with E-state index < -0.39 is 10.0 Å². The van der Waals surface area contributed by atoms with Gasteiger partial charge in [-0.1, -0.05) is 23.7 Å². The minimum atomic E-state index is -3.13. The van der Waals surface area contributed by atoms with E-state index in [2.05, 4.69) is 19.9 Å². The molecule has 28 heavy (non-hydrogen) atoms. The van der Waals surface area contributed by atoms with Crippen molar-refractivity contribution in [3.63, 3.8) is 0 Å². The van der Waals surface area contributed by atoms with Crippen LogP contribution in [0.1, 0.15) is 0 Å². The number of pyridine rings is 1. The summed E-state index contributed by atoms with van der Waals surface area (Å²) in [6.07, 6.45) is 4.82. The van der Waals surface area contributed by atoms with E-state index in [1.54, 1.807) is 12.4 Å². The molecule has 0 spiro atoms. The van der Waals surface area contributed by atoms with Crippen LogP contribution in [0.2, 0.25) is 5.02 Å². The van der Waals surface area contributed by atoms with E-state index in [0.717, 1.165) is 28.5 Å². The highest BCUT2D eigenvalue weighted by molar-refractivity contribution is 7.88. The molecule has 0 bridgehead atoms. The molecule has 0 atom stereocenters. The van der Waals surface area contributed by atoms with Crippen LogP contribution in [0.5, 0.6) is 0 Å². The van der Waals surface area contributed by atoms with Gasteiger partial charge >= 0.3 is 0 Å². The van der Waals surface area contributed by atoms with Crippen LogP contribution in [0.3, 0.4) is 0 Å². The number of hydrogen-bond donors (Lipinski definition) is 1. The van der Waals surface area contributed by atoms with Gasteiger partial charge < -0.3 is 9.88 Å². The molecule has 0 aliphatic carbocycles. The molecule has 4 rings (SSSR count). The van der Waals surface area contributed by atoms with Gasteiger partial charge in [0.2, 0.25) is 10.0 Å². The van der Waals surface area contributed by atoms with Crippen LogP contribution in [0.25, 0.3) is 22.6 Å². The molecule has 146 valence electrons. The predicted octanol–water partition coefficient (Wildman–Crippen LogP) is 2.87. The number of sulfonamides is 1. The Hall–Kier alpha value is -2.42. The lowest BCUT2D eigenvalue weighted by atomic mass is 10.2. The molecule has 2 aromatic heterocycles. The van der Waals surface area contributed by atoms with Gasteiger partial charge in [-0.2, -0.15) is 4.31 Å². The van der Waals surface area contributed by atoms with Gasteiger partial charge in [0.25, 0.3) is 0 Å². The highest BCUT2D eigenvalue weighted by Gasteiger charge is 2.24. The molecule has 0 unspecified atom stereocenters. The number of aromatic amines is 1. The van der Waals surface area contributed by atoms with Crippen LogP contribution >= 0.6 is 11.6 Å². The monoisotopic (exact) mass is 417 g/mol. The first kappa shape index (κ1) is 18.9. The van der Waals surface area contributed by atoms with Crippen LogP contribution in [0.15, 0.2) is 48.8 Å². The summed E-state index contributed by atoms with van der Waals surface area (Å²) in [6.45, 7) is 2.21. The van der Waals surface area contributed by atoms with Crippen molar-refractivity contribution in [2.75, 3.05) is 37.3 Å². The van der Waals surface area contributed by atoms with Crippen molar-refractivity contribution in [2.24, 2.45) is 0 Å². The predicted molar refractivity (Wildman–Crippen MR) is 111 cm³/mol. The maximum atomic E-state index is 11.6. The lowest BCUT2D eigenvalue weighted by Gasteiger charge is -2.33. The number of H-pyrrole nitrogens is 1. The van der Waals surface area contributed by atoms with Crippen LogP contribution in [0, 0.1) is 0 Å². The third kappa shape index (κ3) is 4.04. The first-order valence-corrected chi connectivity index (χ1v) is 11.1. The summed E-state index contributed by atoms with van der Waals surface area (Å²) in [5, 5.41) is 0.695. The largest absolute Gasteiger partial charge is 0.354 e. The SMILES string of the molecule is CS(=O)(=O)N1CCN(c2ccc(-c3ncc(-c4ccc(Cl)cc4)[nH]3)cn2)CC1. The van der Waals surface area contributed by atoms with E-state index in [0.29, 0.717) is 31.2 Å². The van der Waals surface area contributed by atoms with E-state index >= 15 is 0 Å². The number of piperazine rings is 1. The fourth-order valence-corrected chi connectivity index (χ4v) is 4.16. The highest BCUT2D eigenvalue weighted by Crippen LogP contribution is 2.24. The Kier molecular flexibility index (Phi) is 5.09. The number of aromatic nitrogens is 3. The Morgan fingerprint density at radius 1 is 0.929 bits per heavy atom. The van der Waals surface area contributed by atoms with Crippen molar-refractivity contribution in [2.45, 2.75) is 0 Å². The zero-order valence-electron chi connectivity index (χ0n) is 15.3. The Bertz CT molecular complexity index is 1060. The molecule has 1 saturated heterocycles. The highest BCUT2D eigenvalue weighted by atomic mass is 35.5. The summed E-state index contributed by atoms with van der Waals surface area (Å²) >= 11 is 5.94. The number of hydrogen-bond acceptors (Lipinski definition) is 5. The second-order valence-electron chi connectivity index (χ2n) is 6.71. The van der Waals surface area contributed by atoms with Crippen molar-refractivity contribution in [1.82, 2.24) is 19.3 Å². The molecule has 1 fully saturated rings. The summed E-state index contributed by atoms with van der Waals surface area (Å²) in [4.78, 5) is 14.4. The quantitative estimate of drug-likeness (QED) is 0.705. The molecule has 0 radical (unpaired) electrons. The van der Waals surface area contributed by atoms with E-state index in [1.165, 1.54) is 10.6 Å². The van der Waals surface area contributed by atoms with Crippen LogP contribution in [0.4, 0.5) is 5.82 Å². The van der Waals surface area contributed by atoms with Crippen molar-refractivity contribution in [3.8, 4) is 22.6 Å². The molecule has 9 heteroatoms. The Morgan fingerprint density at radius 3 is 2.21 bits per heavy atom. The smallest absolute Gasteiger partial charge is 0.211 e. The van der Waals surface area contributed by atoms with Gasteiger partial charge in [-0.25, -0.2) is 18.4 Å². The van der Waals surface area contributed by atoms with Gasteiger partial charge in [0.1, 0.15) is 11.6 Å². The minimum absolute atomic E-state index is 0.477. The lowest BCUT2D eigenvalue weighted by molar-refractivity contribution is 0.387. The van der Waals surface area contributed by atoms with Crippen LogP contribution in [-0.4, -0.2) is 60.1 Å². The first-order chi connectivity index (χ1) is 13.4. The van der Waals surface area contributed by atoms with E-state index in [9.17, 15) is 8.42 Å². The Morgan fingerprint density at radius 2 is 1.61 bits per heavy atom. The van der Waals surface area contributed by atoms with E-state index in [-0.39, 0.29) is 0 Å². The maximum Gasteiger partial charge on any atom is 0.211 e. The van der Waals surface area contributed by atoms with Crippen molar-refractivity contribution >= 4 is 27.4 Å². The topological polar surface area (TPSA) is 82.2 Å². The minimum Gasteiger partial charge on any atom is -0.354 e. The number of rotatable bonds is 4. The van der Waals surface area contributed by atoms with E-state index in [4.69, 9.17) is 11.6 Å².